The van der Waals surface area contributed by atoms with Crippen LogP contribution in [0.25, 0.3) is 71.4 Å². The quantitative estimate of drug-likeness (QED) is 0.264. The Morgan fingerprint density at radius 3 is 2.00 bits per heavy atom. The van der Waals surface area contributed by atoms with Crippen molar-refractivity contribution in [1.29, 1.82) is 0 Å². The second-order valence-electron chi connectivity index (χ2n) is 9.07. The molecule has 0 saturated carbocycles. The summed E-state index contributed by atoms with van der Waals surface area (Å²) in [6.07, 6.45) is 0. The zero-order chi connectivity index (χ0) is 22.4. The summed E-state index contributed by atoms with van der Waals surface area (Å²) < 4.78 is 14.9. The monoisotopic (exact) mass is 435 g/mol. The third kappa shape index (κ3) is 2.27. The third-order valence-corrected chi connectivity index (χ3v) is 7.05. The van der Waals surface area contributed by atoms with E-state index in [1.807, 2.05) is 6.07 Å². The molecule has 0 radical (unpaired) electrons. The van der Waals surface area contributed by atoms with Gasteiger partial charge in [-0.25, -0.2) is 0 Å². The summed E-state index contributed by atoms with van der Waals surface area (Å²) in [6.45, 7) is 0. The molecular weight excluding hydrogens is 417 g/mol. The van der Waals surface area contributed by atoms with Gasteiger partial charge in [-0.1, -0.05) is 54.0 Å². The van der Waals surface area contributed by atoms with E-state index in [4.69, 9.17) is 8.83 Å². The summed E-state index contributed by atoms with van der Waals surface area (Å²) in [6, 6.07) is 34.2. The highest BCUT2D eigenvalue weighted by atomic mass is 16.3. The Morgan fingerprint density at radius 1 is 0.529 bits per heavy atom. The van der Waals surface area contributed by atoms with Crippen LogP contribution >= 0.6 is 0 Å². The Labute approximate surface area is 195 Å². The number of hydrogen-bond acceptors (Lipinski definition) is 2. The highest BCUT2D eigenvalue weighted by molar-refractivity contribution is 6.34. The minimum atomic E-state index is 0.856. The molecule has 0 N–H and O–H groups in total. The number of furan rings is 2. The van der Waals surface area contributed by atoms with Crippen molar-refractivity contribution in [2.45, 2.75) is 0 Å². The first kappa shape index (κ1) is 18.0. The largest absolute Gasteiger partial charge is 0.456 e. The van der Waals surface area contributed by atoms with Crippen molar-refractivity contribution >= 4 is 79.0 Å². The maximum Gasteiger partial charge on any atom is 0.147 e. The first-order valence-electron chi connectivity index (χ1n) is 11.5. The topological polar surface area (TPSA) is 31.2 Å². The lowest BCUT2D eigenvalue weighted by Gasteiger charge is -2.07. The Balaban J connectivity index is 1.48. The predicted molar refractivity (Wildman–Crippen MR) is 144 cm³/mol. The number of rotatable bonds is 1. The Kier molecular flexibility index (Phi) is 3.36. The van der Waals surface area contributed by atoms with E-state index in [0.717, 1.165) is 49.6 Å². The number of para-hydroxylation sites is 2. The van der Waals surface area contributed by atoms with Crippen LogP contribution in [0.3, 0.4) is 0 Å². The fraction of sp³-hybridized carbons (Fsp3) is 0. The van der Waals surface area contributed by atoms with E-state index in [-0.39, 0.29) is 0 Å². The van der Waals surface area contributed by atoms with E-state index in [9.17, 15) is 0 Å². The molecule has 158 valence electrons. The van der Waals surface area contributed by atoms with Crippen LogP contribution in [0.15, 0.2) is 106 Å². The van der Waals surface area contributed by atoms with Crippen molar-refractivity contribution in [3.8, 4) is 5.69 Å². The second kappa shape index (κ2) is 6.33. The standard InChI is InChI=1S/C30H18BNO2/c31-17-9-12-27-23(15-17)29-28(33-27)14-11-21-22-16-18(10-13-26(22)34-30(21)29)32-24-7-3-1-5-19(24)20-6-2-4-8-25(20)32/h1-16H,31H2. The summed E-state index contributed by atoms with van der Waals surface area (Å²) in [5.74, 6) is 0. The predicted octanol–water partition coefficient (Wildman–Crippen LogP) is 6.84. The maximum absolute atomic E-state index is 6.45. The Morgan fingerprint density at radius 2 is 1.21 bits per heavy atom. The third-order valence-electron chi connectivity index (χ3n) is 7.05. The van der Waals surface area contributed by atoms with Gasteiger partial charge < -0.3 is 13.4 Å². The van der Waals surface area contributed by atoms with E-state index < -0.39 is 0 Å². The summed E-state index contributed by atoms with van der Waals surface area (Å²) >= 11 is 0. The molecule has 3 heterocycles. The van der Waals surface area contributed by atoms with Crippen LogP contribution in [0.2, 0.25) is 0 Å². The summed E-state index contributed by atoms with van der Waals surface area (Å²) in [4.78, 5) is 0. The highest BCUT2D eigenvalue weighted by Crippen LogP contribution is 2.40. The van der Waals surface area contributed by atoms with Crippen molar-refractivity contribution in [2.24, 2.45) is 0 Å². The Hall–Kier alpha value is -4.44. The van der Waals surface area contributed by atoms with Crippen LogP contribution < -0.4 is 5.46 Å². The lowest BCUT2D eigenvalue weighted by atomic mass is 9.94. The van der Waals surface area contributed by atoms with Crippen LogP contribution in [0, 0.1) is 0 Å². The number of fused-ring (bicyclic) bond motifs is 10. The van der Waals surface area contributed by atoms with Gasteiger partial charge in [0.15, 0.2) is 0 Å². The van der Waals surface area contributed by atoms with Gasteiger partial charge in [0.05, 0.1) is 16.4 Å². The van der Waals surface area contributed by atoms with E-state index >= 15 is 0 Å². The summed E-state index contributed by atoms with van der Waals surface area (Å²) in [5.41, 5.74) is 8.25. The average Bonchev–Trinajstić information content (AvgIpc) is 3.52. The molecule has 4 heteroatoms. The van der Waals surface area contributed by atoms with E-state index in [1.165, 1.54) is 27.3 Å². The molecule has 3 nitrogen and oxygen atoms in total. The molecule has 8 rings (SSSR count). The van der Waals surface area contributed by atoms with Crippen molar-refractivity contribution < 1.29 is 8.83 Å². The van der Waals surface area contributed by atoms with Gasteiger partial charge in [-0.15, -0.1) is 0 Å². The molecule has 0 atom stereocenters. The van der Waals surface area contributed by atoms with Crippen LogP contribution in [-0.2, 0) is 0 Å². The highest BCUT2D eigenvalue weighted by Gasteiger charge is 2.18. The molecule has 0 aliphatic heterocycles. The van der Waals surface area contributed by atoms with E-state index in [2.05, 4.69) is 103 Å². The van der Waals surface area contributed by atoms with Gasteiger partial charge in [0.2, 0.25) is 0 Å². The Bertz CT molecular complexity index is 2040. The SMILES string of the molecule is Bc1ccc2oc3ccc4c5cc(-n6c7ccccc7c7ccccc76)ccc5oc4c3c2c1. The zero-order valence-electron chi connectivity index (χ0n) is 18.5. The van der Waals surface area contributed by atoms with E-state index in [0.29, 0.717) is 0 Å². The molecule has 8 aromatic rings. The molecule has 0 unspecified atom stereocenters. The second-order valence-corrected chi connectivity index (χ2v) is 9.07. The molecular formula is C30H18BNO2. The molecule has 0 fully saturated rings. The van der Waals surface area contributed by atoms with Crippen LogP contribution in [0.4, 0.5) is 0 Å². The lowest BCUT2D eigenvalue weighted by molar-refractivity contribution is 0.663. The van der Waals surface area contributed by atoms with Crippen molar-refractivity contribution in [1.82, 2.24) is 4.57 Å². The molecule has 0 saturated heterocycles. The van der Waals surface area contributed by atoms with Crippen LogP contribution in [0.5, 0.6) is 0 Å². The first-order chi connectivity index (χ1) is 16.8. The van der Waals surface area contributed by atoms with Gasteiger partial charge in [-0.2, -0.15) is 0 Å². The van der Waals surface area contributed by atoms with Crippen molar-refractivity contribution in [3.05, 3.63) is 97.1 Å². The van der Waals surface area contributed by atoms with E-state index in [1.54, 1.807) is 0 Å². The van der Waals surface area contributed by atoms with Crippen LogP contribution in [0.1, 0.15) is 0 Å². The molecule has 3 aromatic heterocycles. The minimum Gasteiger partial charge on any atom is -0.456 e. The lowest BCUT2D eigenvalue weighted by Crippen LogP contribution is -1.98. The van der Waals surface area contributed by atoms with Gasteiger partial charge in [0.1, 0.15) is 30.2 Å². The van der Waals surface area contributed by atoms with Gasteiger partial charge >= 0.3 is 0 Å². The average molecular weight is 435 g/mol. The number of nitrogens with zero attached hydrogens (tertiary/aromatic N) is 1. The summed E-state index contributed by atoms with van der Waals surface area (Å²) in [7, 11) is 2.11. The number of aromatic nitrogens is 1. The normalized spacial score (nSPS) is 12.2. The number of hydrogen-bond donors (Lipinski definition) is 0. The van der Waals surface area contributed by atoms with Crippen LogP contribution in [-0.4, -0.2) is 12.4 Å². The molecule has 5 aromatic carbocycles. The molecule has 0 spiro atoms. The molecule has 0 bridgehead atoms. The minimum absolute atomic E-state index is 0.856. The van der Waals surface area contributed by atoms with Crippen molar-refractivity contribution in [2.75, 3.05) is 0 Å². The molecule has 34 heavy (non-hydrogen) atoms. The smallest absolute Gasteiger partial charge is 0.147 e. The zero-order valence-corrected chi connectivity index (χ0v) is 18.5. The van der Waals surface area contributed by atoms with Gasteiger partial charge in [-0.05, 0) is 48.5 Å². The van der Waals surface area contributed by atoms with Crippen molar-refractivity contribution in [3.63, 3.8) is 0 Å². The van der Waals surface area contributed by atoms with Gasteiger partial charge in [0.25, 0.3) is 0 Å². The maximum atomic E-state index is 6.45. The fourth-order valence-electron chi connectivity index (χ4n) is 5.54. The molecule has 0 aliphatic carbocycles. The first-order valence-corrected chi connectivity index (χ1v) is 11.5. The number of benzene rings is 5. The fourth-order valence-corrected chi connectivity index (χ4v) is 5.54. The van der Waals surface area contributed by atoms with Gasteiger partial charge in [0, 0.05) is 32.6 Å². The van der Waals surface area contributed by atoms with Gasteiger partial charge in [-0.3, -0.25) is 0 Å². The molecule has 0 aliphatic rings. The molecule has 0 amide bonds. The summed E-state index contributed by atoms with van der Waals surface area (Å²) in [5, 5.41) is 6.88.